The molecule has 0 saturated carbocycles. The van der Waals surface area contributed by atoms with Crippen LogP contribution in [0, 0.1) is 5.82 Å². The molecule has 27 heavy (non-hydrogen) atoms. The molecule has 0 aliphatic carbocycles. The third-order valence-corrected chi connectivity index (χ3v) is 4.83. The van der Waals surface area contributed by atoms with Gasteiger partial charge in [0.15, 0.2) is 0 Å². The number of hydrogen-bond donors (Lipinski definition) is 1. The average Bonchev–Trinajstić information content (AvgIpc) is 2.62. The Hall–Kier alpha value is -2.66. The van der Waals surface area contributed by atoms with E-state index in [9.17, 15) is 14.0 Å². The molecule has 0 bridgehead atoms. The first-order chi connectivity index (χ1) is 13.0. The monoisotopic (exact) mass is 387 g/mol. The highest BCUT2D eigenvalue weighted by atomic mass is 35.5. The van der Waals surface area contributed by atoms with Crippen LogP contribution >= 0.6 is 11.6 Å². The van der Waals surface area contributed by atoms with Gasteiger partial charge in [-0.2, -0.15) is 0 Å². The fourth-order valence-corrected chi connectivity index (χ4v) is 3.54. The Morgan fingerprint density at radius 1 is 1.22 bits per heavy atom. The average molecular weight is 388 g/mol. The molecule has 0 unspecified atom stereocenters. The fourth-order valence-electron chi connectivity index (χ4n) is 3.25. The van der Waals surface area contributed by atoms with Crippen LogP contribution in [0.3, 0.4) is 0 Å². The van der Waals surface area contributed by atoms with E-state index in [0.29, 0.717) is 12.1 Å². The van der Waals surface area contributed by atoms with Gasteiger partial charge in [-0.05, 0) is 24.6 Å². The van der Waals surface area contributed by atoms with Crippen molar-refractivity contribution in [1.82, 2.24) is 5.32 Å². The number of nitrogens with one attached hydrogen (secondary N) is 1. The van der Waals surface area contributed by atoms with E-state index in [0.717, 1.165) is 5.56 Å². The maximum absolute atomic E-state index is 14.4. The van der Waals surface area contributed by atoms with Crippen LogP contribution in [0.25, 0.3) is 0 Å². The quantitative estimate of drug-likeness (QED) is 0.784. The number of carbonyl (C=O) groups excluding carboxylic acids is 2. The molecule has 6 heteroatoms. The normalized spacial score (nSPS) is 16.9. The summed E-state index contributed by atoms with van der Waals surface area (Å²) in [7, 11) is 0. The fraction of sp³-hybridized carbons (Fsp3) is 0.238. The van der Waals surface area contributed by atoms with Gasteiger partial charge >= 0.3 is 5.97 Å². The summed E-state index contributed by atoms with van der Waals surface area (Å²) in [5.74, 6) is -2.20. The smallest absolute Gasteiger partial charge is 0.336 e. The predicted molar refractivity (Wildman–Crippen MR) is 101 cm³/mol. The zero-order valence-electron chi connectivity index (χ0n) is 14.8. The van der Waals surface area contributed by atoms with Crippen molar-refractivity contribution in [2.24, 2.45) is 0 Å². The van der Waals surface area contributed by atoms with Crippen molar-refractivity contribution in [3.63, 3.8) is 0 Å². The summed E-state index contributed by atoms with van der Waals surface area (Å²) < 4.78 is 19.8. The lowest BCUT2D eigenvalue weighted by atomic mass is 9.84. The third kappa shape index (κ3) is 4.37. The highest BCUT2D eigenvalue weighted by molar-refractivity contribution is 6.31. The van der Waals surface area contributed by atoms with Gasteiger partial charge in [0, 0.05) is 35.0 Å². The van der Waals surface area contributed by atoms with Gasteiger partial charge in [-0.25, -0.2) is 9.18 Å². The Morgan fingerprint density at radius 3 is 2.67 bits per heavy atom. The van der Waals surface area contributed by atoms with Crippen LogP contribution in [-0.2, 0) is 20.7 Å². The number of hydrogen-bond acceptors (Lipinski definition) is 3. The molecule has 1 aliphatic rings. The van der Waals surface area contributed by atoms with E-state index < -0.39 is 17.7 Å². The second-order valence-corrected chi connectivity index (χ2v) is 6.76. The van der Waals surface area contributed by atoms with E-state index in [1.807, 2.05) is 30.3 Å². The number of rotatable bonds is 5. The van der Waals surface area contributed by atoms with Crippen molar-refractivity contribution in [1.29, 1.82) is 0 Å². The van der Waals surface area contributed by atoms with Crippen LogP contribution in [0.4, 0.5) is 4.39 Å². The summed E-state index contributed by atoms with van der Waals surface area (Å²) in [6, 6.07) is 13.9. The molecule has 4 nitrogen and oxygen atoms in total. The molecule has 1 amide bonds. The molecular formula is C21H19ClFNO3. The van der Waals surface area contributed by atoms with Crippen LogP contribution in [-0.4, -0.2) is 18.5 Å². The van der Waals surface area contributed by atoms with Crippen molar-refractivity contribution in [2.75, 3.05) is 6.61 Å². The van der Waals surface area contributed by atoms with E-state index in [2.05, 4.69) is 5.32 Å². The highest BCUT2D eigenvalue weighted by Crippen LogP contribution is 2.38. The lowest BCUT2D eigenvalue weighted by Gasteiger charge is -2.27. The van der Waals surface area contributed by atoms with Crippen molar-refractivity contribution < 1.29 is 18.7 Å². The van der Waals surface area contributed by atoms with Gasteiger partial charge < -0.3 is 10.1 Å². The number of halogens is 2. The van der Waals surface area contributed by atoms with Gasteiger partial charge in [-0.3, -0.25) is 4.79 Å². The maximum Gasteiger partial charge on any atom is 0.336 e. The van der Waals surface area contributed by atoms with Crippen LogP contribution in [0.5, 0.6) is 0 Å². The summed E-state index contributed by atoms with van der Waals surface area (Å²) in [5.41, 5.74) is 1.78. The molecule has 140 valence electrons. The Morgan fingerprint density at radius 2 is 1.96 bits per heavy atom. The molecule has 2 aromatic carbocycles. The molecule has 1 atom stereocenters. The van der Waals surface area contributed by atoms with E-state index in [1.165, 1.54) is 12.1 Å². The number of carbonyl (C=O) groups is 2. The van der Waals surface area contributed by atoms with E-state index >= 15 is 0 Å². The molecule has 0 aromatic heterocycles. The molecule has 0 spiro atoms. The summed E-state index contributed by atoms with van der Waals surface area (Å²) in [4.78, 5) is 24.7. The minimum absolute atomic E-state index is 0.0683. The topological polar surface area (TPSA) is 55.4 Å². The molecule has 2 aromatic rings. The first-order valence-corrected chi connectivity index (χ1v) is 9.00. The predicted octanol–water partition coefficient (Wildman–Crippen LogP) is 4.14. The standard InChI is InChI=1S/C21H19ClFNO3/c1-13-19(21(26)27-11-10-14-6-3-2-4-7-14)15(12-18(25)24-13)20-16(22)8-5-9-17(20)23/h2-9,15H,10-12H2,1H3,(H,24,25)/t15-/m1/s1. The van der Waals surface area contributed by atoms with Crippen molar-refractivity contribution >= 4 is 23.5 Å². The Bertz CT molecular complexity index is 875. The second-order valence-electron chi connectivity index (χ2n) is 6.35. The molecule has 0 saturated heterocycles. The highest BCUT2D eigenvalue weighted by Gasteiger charge is 2.35. The summed E-state index contributed by atoms with van der Waals surface area (Å²) >= 11 is 6.17. The number of ether oxygens (including phenoxy) is 1. The van der Waals surface area contributed by atoms with Crippen LogP contribution in [0.15, 0.2) is 59.8 Å². The number of benzene rings is 2. The molecule has 1 aliphatic heterocycles. The van der Waals surface area contributed by atoms with Crippen molar-refractivity contribution in [3.05, 3.63) is 81.8 Å². The second kappa shape index (κ2) is 8.35. The van der Waals surface area contributed by atoms with Gasteiger partial charge in [0.2, 0.25) is 5.91 Å². The molecule has 1 N–H and O–H groups in total. The molecule has 3 rings (SSSR count). The zero-order chi connectivity index (χ0) is 19.4. The number of amides is 1. The summed E-state index contributed by atoms with van der Waals surface area (Å²) in [5, 5.41) is 2.81. The zero-order valence-corrected chi connectivity index (χ0v) is 15.6. The van der Waals surface area contributed by atoms with Crippen molar-refractivity contribution in [3.8, 4) is 0 Å². The number of esters is 1. The minimum Gasteiger partial charge on any atom is -0.462 e. The largest absolute Gasteiger partial charge is 0.462 e. The van der Waals surface area contributed by atoms with Crippen LogP contribution in [0.1, 0.15) is 30.4 Å². The van der Waals surface area contributed by atoms with E-state index in [1.54, 1.807) is 13.0 Å². The molecule has 0 fully saturated rings. The maximum atomic E-state index is 14.4. The van der Waals surface area contributed by atoms with Gasteiger partial charge in [0.25, 0.3) is 0 Å². The first kappa shape index (κ1) is 19.1. The van der Waals surface area contributed by atoms with E-state index in [4.69, 9.17) is 16.3 Å². The molecule has 0 radical (unpaired) electrons. The van der Waals surface area contributed by atoms with Crippen molar-refractivity contribution in [2.45, 2.75) is 25.7 Å². The Labute approximate surface area is 162 Å². The Balaban J connectivity index is 1.82. The number of allylic oxidation sites excluding steroid dienone is 1. The summed E-state index contributed by atoms with van der Waals surface area (Å²) in [6.07, 6.45) is 0.498. The van der Waals surface area contributed by atoms with Crippen LogP contribution < -0.4 is 5.32 Å². The van der Waals surface area contributed by atoms with Gasteiger partial charge in [-0.1, -0.05) is 48.0 Å². The Kier molecular flexibility index (Phi) is 5.91. The van der Waals surface area contributed by atoms with Crippen LogP contribution in [0.2, 0.25) is 5.02 Å². The minimum atomic E-state index is -0.781. The molecular weight excluding hydrogens is 369 g/mol. The van der Waals surface area contributed by atoms with Gasteiger partial charge in [-0.15, -0.1) is 0 Å². The van der Waals surface area contributed by atoms with Gasteiger partial charge in [0.05, 0.1) is 12.2 Å². The first-order valence-electron chi connectivity index (χ1n) is 8.63. The van der Waals surface area contributed by atoms with Gasteiger partial charge in [0.1, 0.15) is 5.82 Å². The lowest BCUT2D eigenvalue weighted by molar-refractivity contribution is -0.139. The van der Waals surface area contributed by atoms with E-state index in [-0.39, 0.29) is 35.1 Å². The SMILES string of the molecule is CC1=C(C(=O)OCCc2ccccc2)[C@H](c2c(F)cccc2Cl)CC(=O)N1. The molecule has 1 heterocycles. The summed E-state index contributed by atoms with van der Waals surface area (Å²) in [6.45, 7) is 1.79. The third-order valence-electron chi connectivity index (χ3n) is 4.50. The lowest BCUT2D eigenvalue weighted by Crippen LogP contribution is -2.34.